The Kier molecular flexibility index (Phi) is 3.89. The lowest BCUT2D eigenvalue weighted by molar-refractivity contribution is 0.103. The number of pyridine rings is 1. The van der Waals surface area contributed by atoms with Crippen LogP contribution in [0.25, 0.3) is 0 Å². The molecule has 2 rings (SSSR count). The van der Waals surface area contributed by atoms with Gasteiger partial charge in [-0.2, -0.15) is 10.5 Å². The van der Waals surface area contributed by atoms with Gasteiger partial charge in [0, 0.05) is 5.56 Å². The first-order valence-electron chi connectivity index (χ1n) is 5.90. The minimum atomic E-state index is -0.487. The van der Waals surface area contributed by atoms with Crippen molar-refractivity contribution in [3.8, 4) is 12.1 Å². The Hall–Kier alpha value is -2.89. The molecule has 0 fully saturated rings. The summed E-state index contributed by atoms with van der Waals surface area (Å²) in [6.45, 7) is 1.89. The molecule has 1 heterocycles. The van der Waals surface area contributed by atoms with E-state index in [0.717, 1.165) is 5.56 Å². The molecule has 2 N–H and O–H groups in total. The van der Waals surface area contributed by atoms with Crippen LogP contribution in [0, 0.1) is 29.6 Å². The number of anilines is 1. The highest BCUT2D eigenvalue weighted by atomic mass is 35.5. The van der Waals surface area contributed by atoms with Gasteiger partial charge in [-0.3, -0.25) is 4.79 Å². The third kappa shape index (κ3) is 2.55. The molecule has 0 unspecified atom stereocenters. The smallest absolute Gasteiger partial charge is 0.195 e. The fourth-order valence-electron chi connectivity index (χ4n) is 1.87. The van der Waals surface area contributed by atoms with Gasteiger partial charge in [-0.05, 0) is 6.92 Å². The van der Waals surface area contributed by atoms with Crippen molar-refractivity contribution in [3.63, 3.8) is 0 Å². The minimum absolute atomic E-state index is 0.110. The highest BCUT2D eigenvalue weighted by molar-refractivity contribution is 6.31. The molecular weight excluding hydrogens is 288 g/mol. The summed E-state index contributed by atoms with van der Waals surface area (Å²) in [4.78, 5) is 16.3. The van der Waals surface area contributed by atoms with Gasteiger partial charge in [-0.1, -0.05) is 41.4 Å². The third-order valence-electron chi connectivity index (χ3n) is 2.95. The second-order valence-corrected chi connectivity index (χ2v) is 4.69. The Morgan fingerprint density at radius 2 is 1.76 bits per heavy atom. The van der Waals surface area contributed by atoms with Crippen LogP contribution in [0.15, 0.2) is 24.3 Å². The van der Waals surface area contributed by atoms with Gasteiger partial charge >= 0.3 is 0 Å². The molecule has 6 heteroatoms. The van der Waals surface area contributed by atoms with Crippen molar-refractivity contribution in [2.75, 3.05) is 5.73 Å². The van der Waals surface area contributed by atoms with Crippen LogP contribution in [0.5, 0.6) is 0 Å². The first-order valence-corrected chi connectivity index (χ1v) is 6.28. The van der Waals surface area contributed by atoms with Gasteiger partial charge in [0.25, 0.3) is 0 Å². The average Bonchev–Trinajstić information content (AvgIpc) is 2.46. The van der Waals surface area contributed by atoms with Crippen molar-refractivity contribution in [2.24, 2.45) is 0 Å². The van der Waals surface area contributed by atoms with Crippen molar-refractivity contribution in [1.29, 1.82) is 10.5 Å². The number of nitrogen functional groups attached to an aromatic ring is 1. The molecule has 21 heavy (non-hydrogen) atoms. The number of benzene rings is 1. The topological polar surface area (TPSA) is 104 Å². The lowest BCUT2D eigenvalue weighted by Crippen LogP contribution is -2.11. The summed E-state index contributed by atoms with van der Waals surface area (Å²) in [6, 6.07) is 10.4. The molecule has 102 valence electrons. The van der Waals surface area contributed by atoms with Crippen molar-refractivity contribution in [2.45, 2.75) is 6.92 Å². The number of carbonyl (C=O) groups excluding carboxylic acids is 1. The second-order valence-electron chi connectivity index (χ2n) is 4.33. The summed E-state index contributed by atoms with van der Waals surface area (Å²) in [7, 11) is 0. The van der Waals surface area contributed by atoms with Crippen molar-refractivity contribution in [3.05, 3.63) is 57.2 Å². The van der Waals surface area contributed by atoms with Gasteiger partial charge in [0.05, 0.1) is 5.56 Å². The number of aromatic nitrogens is 1. The van der Waals surface area contributed by atoms with E-state index in [0.29, 0.717) is 5.56 Å². The first-order chi connectivity index (χ1) is 9.99. The van der Waals surface area contributed by atoms with Gasteiger partial charge in [-0.15, -0.1) is 0 Å². The van der Waals surface area contributed by atoms with E-state index in [4.69, 9.17) is 17.3 Å². The molecule has 0 radical (unpaired) electrons. The quantitative estimate of drug-likeness (QED) is 0.677. The van der Waals surface area contributed by atoms with Gasteiger partial charge in [0.2, 0.25) is 0 Å². The van der Waals surface area contributed by atoms with Crippen LogP contribution in [0.3, 0.4) is 0 Å². The fourth-order valence-corrected chi connectivity index (χ4v) is 2.09. The highest BCUT2D eigenvalue weighted by Crippen LogP contribution is 2.27. The van der Waals surface area contributed by atoms with Gasteiger partial charge < -0.3 is 5.73 Å². The van der Waals surface area contributed by atoms with Gasteiger partial charge in [0.15, 0.2) is 5.78 Å². The Morgan fingerprint density at radius 1 is 1.19 bits per heavy atom. The maximum absolute atomic E-state index is 12.6. The molecule has 0 aliphatic heterocycles. The molecule has 1 aromatic heterocycles. The maximum Gasteiger partial charge on any atom is 0.195 e. The molecule has 0 aliphatic rings. The highest BCUT2D eigenvalue weighted by Gasteiger charge is 2.24. The van der Waals surface area contributed by atoms with Crippen LogP contribution in [-0.4, -0.2) is 10.8 Å². The summed E-state index contributed by atoms with van der Waals surface area (Å²) in [6.07, 6.45) is 0. The number of halogens is 1. The van der Waals surface area contributed by atoms with Crippen LogP contribution in [0.4, 0.5) is 5.82 Å². The van der Waals surface area contributed by atoms with E-state index in [1.165, 1.54) is 0 Å². The maximum atomic E-state index is 12.6. The minimum Gasteiger partial charge on any atom is -0.383 e. The SMILES string of the molecule is Cc1ccc(C(=O)c2c(C#N)c(N)nc(Cl)c2C#N)cc1. The summed E-state index contributed by atoms with van der Waals surface area (Å²) >= 11 is 5.85. The number of ketones is 1. The standard InChI is InChI=1S/C15H9ClN4O/c1-8-2-4-9(5-3-8)13(21)12-10(6-17)14(16)20-15(19)11(12)7-18/h2-5H,1H3,(H2,19,20). The van der Waals surface area contributed by atoms with E-state index in [1.807, 2.05) is 13.0 Å². The van der Waals surface area contributed by atoms with E-state index in [-0.39, 0.29) is 27.7 Å². The summed E-state index contributed by atoms with van der Waals surface area (Å²) in [5.41, 5.74) is 6.55. The fraction of sp³-hybridized carbons (Fsp3) is 0.0667. The average molecular weight is 297 g/mol. The Bertz CT molecular complexity index is 775. The molecule has 0 aliphatic carbocycles. The first kappa shape index (κ1) is 14.5. The molecule has 0 atom stereocenters. The molecule has 2 aromatic rings. The van der Waals surface area contributed by atoms with Crippen molar-refractivity contribution in [1.82, 2.24) is 4.98 Å². The molecule has 1 aromatic carbocycles. The van der Waals surface area contributed by atoms with E-state index in [9.17, 15) is 15.3 Å². The number of hydrogen-bond acceptors (Lipinski definition) is 5. The zero-order chi connectivity index (χ0) is 15.6. The number of hydrogen-bond donors (Lipinski definition) is 1. The molecule has 0 bridgehead atoms. The van der Waals surface area contributed by atoms with E-state index in [2.05, 4.69) is 4.98 Å². The van der Waals surface area contributed by atoms with E-state index in [1.54, 1.807) is 30.3 Å². The van der Waals surface area contributed by atoms with Crippen molar-refractivity contribution < 1.29 is 4.79 Å². The van der Waals surface area contributed by atoms with Crippen LogP contribution < -0.4 is 5.73 Å². The Balaban J connectivity index is 2.74. The summed E-state index contributed by atoms with van der Waals surface area (Å²) < 4.78 is 0. The van der Waals surface area contributed by atoms with Gasteiger partial charge in [0.1, 0.15) is 34.2 Å². The number of nitrogens with two attached hydrogens (primary N) is 1. The lowest BCUT2D eigenvalue weighted by Gasteiger charge is -2.09. The molecule has 0 saturated carbocycles. The Morgan fingerprint density at radius 3 is 2.29 bits per heavy atom. The van der Waals surface area contributed by atoms with E-state index >= 15 is 0 Å². The number of nitrogens with zero attached hydrogens (tertiary/aromatic N) is 3. The summed E-state index contributed by atoms with van der Waals surface area (Å²) in [5.74, 6) is -0.656. The normalized spacial score (nSPS) is 9.71. The van der Waals surface area contributed by atoms with Crippen LogP contribution in [0.1, 0.15) is 32.6 Å². The molecule has 0 spiro atoms. The zero-order valence-corrected chi connectivity index (χ0v) is 11.8. The van der Waals surface area contributed by atoms with Crippen molar-refractivity contribution >= 4 is 23.2 Å². The predicted molar refractivity (Wildman–Crippen MR) is 77.7 cm³/mol. The molecule has 5 nitrogen and oxygen atoms in total. The number of rotatable bonds is 2. The lowest BCUT2D eigenvalue weighted by atomic mass is 9.95. The van der Waals surface area contributed by atoms with Crippen LogP contribution in [-0.2, 0) is 0 Å². The predicted octanol–water partition coefficient (Wildman–Crippen LogP) is 2.60. The molecule has 0 saturated heterocycles. The number of nitriles is 2. The molecule has 0 amide bonds. The zero-order valence-electron chi connectivity index (χ0n) is 11.0. The van der Waals surface area contributed by atoms with Gasteiger partial charge in [-0.25, -0.2) is 4.98 Å². The number of carbonyl (C=O) groups is 1. The summed E-state index contributed by atoms with van der Waals surface area (Å²) in [5, 5.41) is 18.2. The number of aryl methyl sites for hydroxylation is 1. The second kappa shape index (κ2) is 5.62. The Labute approximate surface area is 126 Å². The molecular formula is C15H9ClN4O. The monoisotopic (exact) mass is 296 g/mol. The largest absolute Gasteiger partial charge is 0.383 e. The van der Waals surface area contributed by atoms with E-state index < -0.39 is 5.78 Å². The van der Waals surface area contributed by atoms with Crippen LogP contribution >= 0.6 is 11.6 Å². The van der Waals surface area contributed by atoms with Crippen LogP contribution in [0.2, 0.25) is 5.15 Å². The third-order valence-corrected chi connectivity index (χ3v) is 3.22.